The minimum Gasteiger partial charge on any atom is -0.463 e. The van der Waals surface area contributed by atoms with Crippen molar-refractivity contribution >= 4 is 23.5 Å². The Kier molecular flexibility index (Phi) is 10.6. The molecule has 0 aromatic carbocycles. The number of nitrogens with one attached hydrogen (secondary N) is 2. The van der Waals surface area contributed by atoms with E-state index in [2.05, 4.69) is 46.1 Å². The highest BCUT2D eigenvalue weighted by molar-refractivity contribution is 6.23. The quantitative estimate of drug-likeness (QED) is 0.0398. The first-order valence-corrected chi connectivity index (χ1v) is 18.6. The van der Waals surface area contributed by atoms with E-state index in [-0.39, 0.29) is 48.8 Å². The van der Waals surface area contributed by atoms with Gasteiger partial charge in [0, 0.05) is 49.4 Å². The van der Waals surface area contributed by atoms with Crippen molar-refractivity contribution in [2.75, 3.05) is 26.7 Å². The van der Waals surface area contributed by atoms with Crippen molar-refractivity contribution in [3.8, 4) is 0 Å². The van der Waals surface area contributed by atoms with Crippen LogP contribution in [0.5, 0.6) is 0 Å². The van der Waals surface area contributed by atoms with Gasteiger partial charge in [0.1, 0.15) is 18.8 Å². The third-order valence-corrected chi connectivity index (χ3v) is 12.3. The van der Waals surface area contributed by atoms with Gasteiger partial charge < -0.3 is 20.1 Å². The number of nitrogens with two attached hydrogens (primary N) is 4. The number of hydrogen-bond acceptors (Lipinski definition) is 6. The molecule has 0 aromatic rings. The van der Waals surface area contributed by atoms with Crippen LogP contribution in [0.3, 0.4) is 0 Å². The third kappa shape index (κ3) is 6.55. The van der Waals surface area contributed by atoms with Gasteiger partial charge in [-0.15, -0.1) is 0 Å². The molecule has 2 aliphatic heterocycles. The molecule has 0 bridgehead atoms. The van der Waals surface area contributed by atoms with Gasteiger partial charge >= 0.3 is 11.9 Å². The fraction of sp³-hybridized carbons (Fsp3) is 0.730. The van der Waals surface area contributed by atoms with Crippen LogP contribution in [0.2, 0.25) is 0 Å². The molecule has 48 heavy (non-hydrogen) atoms. The summed E-state index contributed by atoms with van der Waals surface area (Å²) in [4.78, 5) is 45.7. The second-order valence-corrected chi connectivity index (χ2v) is 15.3. The highest BCUT2D eigenvalue weighted by Gasteiger charge is 2.86. The second kappa shape index (κ2) is 14.5. The van der Waals surface area contributed by atoms with Gasteiger partial charge in [-0.2, -0.15) is 0 Å². The van der Waals surface area contributed by atoms with E-state index >= 15 is 0 Å². The molecule has 0 radical (unpaired) electrons. The van der Waals surface area contributed by atoms with Gasteiger partial charge in [-0.05, 0) is 63.5 Å². The third-order valence-electron chi connectivity index (χ3n) is 12.3. The molecule has 264 valence electrons. The van der Waals surface area contributed by atoms with Crippen LogP contribution >= 0.6 is 0 Å². The number of epoxide rings is 1. The number of Topliss-reactive ketones (excluding diaryl/α,β-unsaturated/α-hetero) is 2. The largest absolute Gasteiger partial charge is 0.463 e. The number of piperidine rings is 1. The number of quaternary nitrogens is 2. The smallest absolute Gasteiger partial charge is 0.350 e. The first-order valence-electron chi connectivity index (χ1n) is 18.6. The normalized spacial score (nSPS) is 38.7. The zero-order chi connectivity index (χ0) is 34.1. The average molecular weight is 668 g/mol. The van der Waals surface area contributed by atoms with E-state index in [1.807, 2.05) is 13.0 Å². The minimum atomic E-state index is -1.85. The van der Waals surface area contributed by atoms with Gasteiger partial charge in [0.15, 0.2) is 17.2 Å². The summed E-state index contributed by atoms with van der Waals surface area (Å²) in [5, 5.41) is 7.90. The molecular weight excluding hydrogens is 608 g/mol. The molecule has 11 heteroatoms. The summed E-state index contributed by atoms with van der Waals surface area (Å²) >= 11 is 0. The maximum Gasteiger partial charge on any atom is 0.350 e. The van der Waals surface area contributed by atoms with Crippen LogP contribution in [0.25, 0.3) is 0 Å². The number of ether oxygens (including phenoxy) is 2. The van der Waals surface area contributed by atoms with Crippen LogP contribution in [0.4, 0.5) is 0 Å². The maximum atomic E-state index is 14.3. The van der Waals surface area contributed by atoms with E-state index < -0.39 is 29.0 Å². The van der Waals surface area contributed by atoms with Crippen molar-refractivity contribution in [2.24, 2.45) is 41.1 Å². The Labute approximate surface area is 285 Å². The lowest BCUT2D eigenvalue weighted by Gasteiger charge is -2.37. The van der Waals surface area contributed by atoms with Crippen molar-refractivity contribution in [3.63, 3.8) is 0 Å². The van der Waals surface area contributed by atoms with E-state index in [1.165, 1.54) is 5.57 Å². The summed E-state index contributed by atoms with van der Waals surface area (Å²) in [6.45, 7) is 6.26. The number of allylic oxidation sites excluding steroid dienone is 3. The Bertz CT molecular complexity index is 1380. The molecule has 6 aliphatic rings. The number of ketones is 2. The zero-order valence-electron chi connectivity index (χ0n) is 29.2. The number of carbonyl (C=O) groups excluding carboxylic acids is 3. The van der Waals surface area contributed by atoms with Crippen molar-refractivity contribution < 1.29 is 39.5 Å². The Hall–Kier alpha value is -2.86. The average Bonchev–Trinajstić information content (AvgIpc) is 3.80. The van der Waals surface area contributed by atoms with Crippen molar-refractivity contribution in [1.82, 2.24) is 5.32 Å². The fourth-order valence-electron chi connectivity index (χ4n) is 9.57. The van der Waals surface area contributed by atoms with Crippen LogP contribution in [0.1, 0.15) is 84.5 Å². The standard InChI is InChI=1S/C37H56N6O5/c1-4-41-29-19-24-10-6-5-9-23(24)18-26(29)21-47-34(46)37-33(45)28-12-8-7-11-27(28)32(44)36(37,48-37)15-13-22(2)17-30(43-35(39)40-3)25-14-16-42-31(38)20-25/h6,10,13,19,23,25-31,41-42H,4-5,7-9,11-12,14-18,20-21,38H2,1-3H3,(H3,39,40,43)/p+3/t23-,25?,26-,27?,28?,29-,30+,31?,36-,37-/m0/s1. The predicted octanol–water partition coefficient (Wildman–Crippen LogP) is -1.17. The number of guanidine groups is 1. The maximum absolute atomic E-state index is 14.3. The Morgan fingerprint density at radius 2 is 1.98 bits per heavy atom. The lowest BCUT2D eigenvalue weighted by molar-refractivity contribution is -0.699. The molecule has 4 unspecified atom stereocenters. The molecule has 2 saturated heterocycles. The van der Waals surface area contributed by atoms with E-state index in [0.29, 0.717) is 37.1 Å². The molecule has 2 saturated carbocycles. The lowest BCUT2D eigenvalue weighted by Crippen LogP contribution is -2.95. The lowest BCUT2D eigenvalue weighted by atomic mass is 9.61. The van der Waals surface area contributed by atoms with E-state index in [4.69, 9.17) is 20.9 Å². The number of hydrogen-bond donors (Lipinski definition) is 6. The number of fused-ring (bicyclic) bond motifs is 3. The highest BCUT2D eigenvalue weighted by Crippen LogP contribution is 2.61. The molecule has 0 spiro atoms. The summed E-state index contributed by atoms with van der Waals surface area (Å²) in [5.74, 6) is -0.459. The van der Waals surface area contributed by atoms with Gasteiger partial charge in [0.05, 0.1) is 26.2 Å². The fourth-order valence-corrected chi connectivity index (χ4v) is 9.57. The Balaban J connectivity index is 1.21. The van der Waals surface area contributed by atoms with Gasteiger partial charge in [-0.25, -0.2) is 4.79 Å². The molecule has 4 fully saturated rings. The van der Waals surface area contributed by atoms with Gasteiger partial charge in [-0.1, -0.05) is 36.6 Å². The van der Waals surface area contributed by atoms with Crippen LogP contribution in [0.15, 0.2) is 35.5 Å². The van der Waals surface area contributed by atoms with Crippen LogP contribution in [-0.2, 0) is 23.9 Å². The molecular formula is C37H59N6O5+3. The van der Waals surface area contributed by atoms with Crippen LogP contribution in [-0.4, -0.2) is 79.7 Å². The molecule has 2 heterocycles. The van der Waals surface area contributed by atoms with Crippen molar-refractivity contribution in [1.29, 1.82) is 0 Å². The molecule has 6 rings (SSSR count). The summed E-state index contributed by atoms with van der Waals surface area (Å²) < 4.78 is 12.4. The summed E-state index contributed by atoms with van der Waals surface area (Å²) in [7, 11) is 1.78. The van der Waals surface area contributed by atoms with Gasteiger partial charge in [0.25, 0.3) is 5.60 Å². The number of rotatable bonds is 11. The minimum absolute atomic E-state index is 0.0461. The van der Waals surface area contributed by atoms with Gasteiger partial charge in [0.2, 0.25) is 0 Å². The van der Waals surface area contributed by atoms with E-state index in [0.717, 1.165) is 63.6 Å². The Morgan fingerprint density at radius 3 is 2.71 bits per heavy atom. The van der Waals surface area contributed by atoms with Gasteiger partial charge in [-0.3, -0.25) is 31.4 Å². The predicted molar refractivity (Wildman–Crippen MR) is 181 cm³/mol. The zero-order valence-corrected chi connectivity index (χ0v) is 29.2. The molecule has 0 amide bonds. The van der Waals surface area contributed by atoms with Crippen molar-refractivity contribution in [2.45, 2.75) is 114 Å². The first-order chi connectivity index (χ1) is 23.1. The summed E-state index contributed by atoms with van der Waals surface area (Å²) in [6.07, 6.45) is 17.8. The van der Waals surface area contributed by atoms with E-state index in [1.54, 1.807) is 7.05 Å². The topological polar surface area (TPSA) is 184 Å². The molecule has 11 nitrogen and oxygen atoms in total. The molecule has 10 N–H and O–H groups in total. The molecule has 4 aliphatic carbocycles. The first kappa shape index (κ1) is 35.0. The number of likely N-dealkylation sites (N-methyl/N-ethyl adjacent to an activating group) is 1. The monoisotopic (exact) mass is 667 g/mol. The van der Waals surface area contributed by atoms with Crippen LogP contribution in [0, 0.1) is 29.6 Å². The highest BCUT2D eigenvalue weighted by atomic mass is 16.7. The summed E-state index contributed by atoms with van der Waals surface area (Å²) in [6, 6.07) is 0.244. The Morgan fingerprint density at radius 1 is 1.21 bits per heavy atom. The molecule has 10 atom stereocenters. The summed E-state index contributed by atoms with van der Waals surface area (Å²) in [5.41, 5.74) is 11.6. The van der Waals surface area contributed by atoms with Crippen molar-refractivity contribution in [3.05, 3.63) is 35.5 Å². The number of esters is 1. The number of carbonyl (C=O) groups is 3. The van der Waals surface area contributed by atoms with Crippen LogP contribution < -0.4 is 32.4 Å². The SMILES string of the molecule is CC[NH2+][C@H]1C=C2C=CCC[C@H]2C[C@H]1COC(=O)[C@]12O[C@@]1(CC=C(C)C[C@@H](NC(N)=[NH+]C)C1CC[NH2+]C(N)C1)C(=O)C1CCCCC1C2=O. The second-order valence-electron chi connectivity index (χ2n) is 15.3. The molecule has 0 aromatic heterocycles. The van der Waals surface area contributed by atoms with E-state index in [9.17, 15) is 14.4 Å².